The first kappa shape index (κ1) is 15.6. The molecule has 5 nitrogen and oxygen atoms in total. The molecule has 0 bridgehead atoms. The van der Waals surface area contributed by atoms with E-state index >= 15 is 0 Å². The summed E-state index contributed by atoms with van der Waals surface area (Å²) >= 11 is 0. The SMILES string of the molecule is COC(=O)C1CCCN1Cc1coc(-c2ccc(F)c(F)c2)n1. The van der Waals surface area contributed by atoms with Crippen LogP contribution in [-0.2, 0) is 16.1 Å². The molecule has 2 aromatic rings. The lowest BCUT2D eigenvalue weighted by molar-refractivity contribution is -0.146. The minimum absolute atomic E-state index is 0.215. The molecule has 1 unspecified atom stereocenters. The minimum atomic E-state index is -0.951. The van der Waals surface area contributed by atoms with E-state index in [0.29, 0.717) is 17.8 Å². The summed E-state index contributed by atoms with van der Waals surface area (Å²) in [4.78, 5) is 18.0. The average molecular weight is 322 g/mol. The first-order chi connectivity index (χ1) is 11.1. The summed E-state index contributed by atoms with van der Waals surface area (Å²) in [5.41, 5.74) is 0.988. The molecule has 1 saturated heterocycles. The van der Waals surface area contributed by atoms with E-state index < -0.39 is 11.6 Å². The van der Waals surface area contributed by atoms with Crippen LogP contribution in [0, 0.1) is 11.6 Å². The Kier molecular flexibility index (Phi) is 4.38. The number of ether oxygens (including phenoxy) is 1. The maximum absolute atomic E-state index is 13.3. The second-order valence-corrected chi connectivity index (χ2v) is 5.42. The van der Waals surface area contributed by atoms with Crippen molar-refractivity contribution in [2.75, 3.05) is 13.7 Å². The van der Waals surface area contributed by atoms with Crippen LogP contribution in [0.25, 0.3) is 11.5 Å². The molecule has 2 heterocycles. The van der Waals surface area contributed by atoms with E-state index in [9.17, 15) is 13.6 Å². The third-order valence-corrected chi connectivity index (χ3v) is 3.92. The normalized spacial score (nSPS) is 18.3. The quantitative estimate of drug-likeness (QED) is 0.810. The summed E-state index contributed by atoms with van der Waals surface area (Å²) < 4.78 is 36.4. The number of esters is 1. The maximum atomic E-state index is 13.3. The minimum Gasteiger partial charge on any atom is -0.468 e. The molecule has 0 aliphatic carbocycles. The molecule has 1 fully saturated rings. The molecule has 3 rings (SSSR count). The number of benzene rings is 1. The van der Waals surface area contributed by atoms with Crippen LogP contribution in [0.5, 0.6) is 0 Å². The van der Waals surface area contributed by atoms with E-state index in [1.807, 2.05) is 4.90 Å². The third-order valence-electron chi connectivity index (χ3n) is 3.92. The van der Waals surface area contributed by atoms with E-state index in [-0.39, 0.29) is 17.9 Å². The van der Waals surface area contributed by atoms with Gasteiger partial charge in [0.2, 0.25) is 5.89 Å². The van der Waals surface area contributed by atoms with Crippen LogP contribution in [0.4, 0.5) is 8.78 Å². The van der Waals surface area contributed by atoms with Crippen LogP contribution < -0.4 is 0 Å². The number of rotatable bonds is 4. The highest BCUT2D eigenvalue weighted by molar-refractivity contribution is 5.75. The molecule has 0 N–H and O–H groups in total. The zero-order chi connectivity index (χ0) is 16.4. The molecule has 1 atom stereocenters. The average Bonchev–Trinajstić information content (AvgIpc) is 3.19. The first-order valence-electron chi connectivity index (χ1n) is 7.30. The fraction of sp³-hybridized carbons (Fsp3) is 0.375. The molecule has 7 heteroatoms. The molecular formula is C16H16F2N2O3. The number of carbonyl (C=O) groups is 1. The molecule has 0 saturated carbocycles. The second-order valence-electron chi connectivity index (χ2n) is 5.42. The van der Waals surface area contributed by atoms with Crippen molar-refractivity contribution in [2.45, 2.75) is 25.4 Å². The van der Waals surface area contributed by atoms with Gasteiger partial charge in [-0.25, -0.2) is 13.8 Å². The number of hydrogen-bond acceptors (Lipinski definition) is 5. The summed E-state index contributed by atoms with van der Waals surface area (Å²) in [5.74, 6) is -1.91. The lowest BCUT2D eigenvalue weighted by Crippen LogP contribution is -2.36. The first-order valence-corrected chi connectivity index (χ1v) is 7.30. The number of aromatic nitrogens is 1. The molecule has 1 aliphatic rings. The molecule has 1 aliphatic heterocycles. The second kappa shape index (κ2) is 6.45. The van der Waals surface area contributed by atoms with E-state index in [2.05, 4.69) is 4.98 Å². The summed E-state index contributed by atoms with van der Waals surface area (Å²) in [5, 5.41) is 0. The Balaban J connectivity index is 1.74. The standard InChI is InChI=1S/C16H16F2N2O3/c1-22-16(21)14-3-2-6-20(14)8-11-9-23-15(19-11)10-4-5-12(17)13(18)7-10/h4-5,7,9,14H,2-3,6,8H2,1H3. The fourth-order valence-corrected chi connectivity index (χ4v) is 2.77. The molecule has 0 spiro atoms. The lowest BCUT2D eigenvalue weighted by Gasteiger charge is -2.20. The highest BCUT2D eigenvalue weighted by Gasteiger charge is 2.31. The number of halogens is 2. The van der Waals surface area contributed by atoms with Gasteiger partial charge in [0.1, 0.15) is 12.3 Å². The zero-order valence-electron chi connectivity index (χ0n) is 12.6. The predicted molar refractivity (Wildman–Crippen MR) is 77.3 cm³/mol. The van der Waals surface area contributed by atoms with Crippen molar-refractivity contribution < 1.29 is 22.7 Å². The Morgan fingerprint density at radius 1 is 1.43 bits per heavy atom. The smallest absolute Gasteiger partial charge is 0.323 e. The zero-order valence-corrected chi connectivity index (χ0v) is 12.6. The van der Waals surface area contributed by atoms with E-state index in [1.54, 1.807) is 0 Å². The van der Waals surface area contributed by atoms with Crippen LogP contribution in [-0.4, -0.2) is 35.5 Å². The number of nitrogens with zero attached hydrogens (tertiary/aromatic N) is 2. The van der Waals surface area contributed by atoms with Crippen LogP contribution in [0.2, 0.25) is 0 Å². The molecule has 1 aromatic heterocycles. The molecule has 1 aromatic carbocycles. The van der Waals surface area contributed by atoms with Crippen molar-refractivity contribution in [3.63, 3.8) is 0 Å². The highest BCUT2D eigenvalue weighted by atomic mass is 19.2. The van der Waals surface area contributed by atoms with Crippen molar-refractivity contribution >= 4 is 5.97 Å². The van der Waals surface area contributed by atoms with Gasteiger partial charge >= 0.3 is 5.97 Å². The summed E-state index contributed by atoms with van der Waals surface area (Å²) in [6, 6.07) is 3.20. The van der Waals surface area contributed by atoms with Gasteiger partial charge in [0.15, 0.2) is 11.6 Å². The van der Waals surface area contributed by atoms with Gasteiger partial charge in [-0.15, -0.1) is 0 Å². The van der Waals surface area contributed by atoms with Crippen molar-refractivity contribution in [1.29, 1.82) is 0 Å². The van der Waals surface area contributed by atoms with Crippen LogP contribution >= 0.6 is 0 Å². The van der Waals surface area contributed by atoms with Gasteiger partial charge in [-0.05, 0) is 37.6 Å². The fourth-order valence-electron chi connectivity index (χ4n) is 2.77. The van der Waals surface area contributed by atoms with Crippen LogP contribution in [0.15, 0.2) is 28.9 Å². The Morgan fingerprint density at radius 3 is 3.00 bits per heavy atom. The van der Waals surface area contributed by atoms with Gasteiger partial charge in [0.25, 0.3) is 0 Å². The third kappa shape index (κ3) is 3.24. The lowest BCUT2D eigenvalue weighted by atomic mass is 10.2. The Morgan fingerprint density at radius 2 is 2.26 bits per heavy atom. The van der Waals surface area contributed by atoms with Gasteiger partial charge in [-0.3, -0.25) is 9.69 Å². The van der Waals surface area contributed by atoms with Gasteiger partial charge < -0.3 is 9.15 Å². The Labute approximate surface area is 131 Å². The molecule has 0 amide bonds. The molecular weight excluding hydrogens is 306 g/mol. The molecule has 0 radical (unpaired) electrons. The summed E-state index contributed by atoms with van der Waals surface area (Å²) in [6.07, 6.45) is 3.12. The number of likely N-dealkylation sites (tertiary alicyclic amines) is 1. The van der Waals surface area contributed by atoms with Crippen molar-refractivity contribution in [3.8, 4) is 11.5 Å². The van der Waals surface area contributed by atoms with E-state index in [0.717, 1.165) is 31.5 Å². The van der Waals surface area contributed by atoms with E-state index in [1.165, 1.54) is 19.4 Å². The van der Waals surface area contributed by atoms with Crippen LogP contribution in [0.3, 0.4) is 0 Å². The molecule has 122 valence electrons. The van der Waals surface area contributed by atoms with Crippen LogP contribution in [0.1, 0.15) is 18.5 Å². The topological polar surface area (TPSA) is 55.6 Å². The van der Waals surface area contributed by atoms with Gasteiger partial charge in [-0.2, -0.15) is 0 Å². The Bertz CT molecular complexity index is 717. The summed E-state index contributed by atoms with van der Waals surface area (Å²) in [7, 11) is 1.37. The number of methoxy groups -OCH3 is 1. The number of hydrogen-bond donors (Lipinski definition) is 0. The maximum Gasteiger partial charge on any atom is 0.323 e. The van der Waals surface area contributed by atoms with Gasteiger partial charge in [0, 0.05) is 12.1 Å². The van der Waals surface area contributed by atoms with Gasteiger partial charge in [-0.1, -0.05) is 0 Å². The largest absolute Gasteiger partial charge is 0.468 e. The van der Waals surface area contributed by atoms with Gasteiger partial charge in [0.05, 0.1) is 12.8 Å². The van der Waals surface area contributed by atoms with Crippen molar-refractivity contribution in [2.24, 2.45) is 0 Å². The predicted octanol–water partition coefficient (Wildman–Crippen LogP) is 2.76. The van der Waals surface area contributed by atoms with Crippen molar-refractivity contribution in [3.05, 3.63) is 41.8 Å². The number of oxazole rings is 1. The highest BCUT2D eigenvalue weighted by Crippen LogP contribution is 2.24. The number of carbonyl (C=O) groups excluding carboxylic acids is 1. The van der Waals surface area contributed by atoms with Crippen molar-refractivity contribution in [1.82, 2.24) is 9.88 Å². The monoisotopic (exact) mass is 322 g/mol. The molecule has 23 heavy (non-hydrogen) atoms. The van der Waals surface area contributed by atoms with E-state index in [4.69, 9.17) is 9.15 Å². The summed E-state index contributed by atoms with van der Waals surface area (Å²) in [6.45, 7) is 1.21. The Hall–Kier alpha value is -2.28.